The van der Waals surface area contributed by atoms with Gasteiger partial charge < -0.3 is 14.4 Å². The summed E-state index contributed by atoms with van der Waals surface area (Å²) in [5, 5.41) is 0. The van der Waals surface area contributed by atoms with Gasteiger partial charge in [-0.05, 0) is 50.6 Å². The molecule has 7 nitrogen and oxygen atoms in total. The second-order valence-electron chi connectivity index (χ2n) is 8.47. The van der Waals surface area contributed by atoms with Gasteiger partial charge in [0.2, 0.25) is 0 Å². The molecule has 8 heteroatoms. The molecule has 0 unspecified atom stereocenters. The number of thiazole rings is 1. The average molecular weight is 518 g/mol. The average Bonchev–Trinajstić information content (AvgIpc) is 3.22. The van der Waals surface area contributed by atoms with Crippen molar-refractivity contribution in [3.8, 4) is 11.5 Å². The highest BCUT2D eigenvalue weighted by Gasteiger charge is 2.35. The van der Waals surface area contributed by atoms with Gasteiger partial charge in [-0.15, -0.1) is 0 Å². The molecule has 1 atom stereocenters. The van der Waals surface area contributed by atoms with Gasteiger partial charge in [-0.1, -0.05) is 54.3 Å². The topological polar surface area (TPSA) is 73.1 Å². The molecule has 2 aromatic carbocycles. The fraction of sp³-hybridized carbons (Fsp3) is 0.276. The van der Waals surface area contributed by atoms with Crippen LogP contribution >= 0.6 is 11.3 Å². The summed E-state index contributed by atoms with van der Waals surface area (Å²) in [4.78, 5) is 34.6. The number of methoxy groups -OCH3 is 1. The van der Waals surface area contributed by atoms with E-state index >= 15 is 0 Å². The van der Waals surface area contributed by atoms with Crippen LogP contribution in [-0.2, 0) is 4.79 Å². The lowest BCUT2D eigenvalue weighted by atomic mass is 9.94. The van der Waals surface area contributed by atoms with Crippen molar-refractivity contribution in [3.63, 3.8) is 0 Å². The number of benzene rings is 2. The van der Waals surface area contributed by atoms with Crippen LogP contribution in [0, 0.1) is 0 Å². The number of fused-ring (bicyclic) bond motifs is 1. The molecule has 1 aliphatic heterocycles. The minimum Gasteiger partial charge on any atom is -0.496 e. The van der Waals surface area contributed by atoms with Gasteiger partial charge >= 0.3 is 0 Å². The van der Waals surface area contributed by atoms with Gasteiger partial charge in [-0.2, -0.15) is 0 Å². The van der Waals surface area contributed by atoms with Crippen molar-refractivity contribution < 1.29 is 14.3 Å². The molecule has 0 radical (unpaired) electrons. The predicted molar refractivity (Wildman–Crippen MR) is 147 cm³/mol. The van der Waals surface area contributed by atoms with Gasteiger partial charge in [0.05, 0.1) is 22.9 Å². The maximum absolute atomic E-state index is 13.9. The molecular formula is C29H31N3O4S. The number of carbonyl (C=O) groups is 1. The third kappa shape index (κ3) is 5.15. The molecule has 0 aliphatic carbocycles. The molecule has 0 fully saturated rings. The number of likely N-dealkylation sites (N-methyl/N-ethyl adjacent to an activating group) is 1. The molecule has 2 heterocycles. The summed E-state index contributed by atoms with van der Waals surface area (Å²) in [6, 6.07) is 14.4. The minimum atomic E-state index is -0.655. The van der Waals surface area contributed by atoms with E-state index in [1.54, 1.807) is 22.7 Å². The third-order valence-corrected chi connectivity index (χ3v) is 7.26. The van der Waals surface area contributed by atoms with Crippen LogP contribution in [0.25, 0.3) is 6.08 Å². The van der Waals surface area contributed by atoms with Crippen molar-refractivity contribution in [1.29, 1.82) is 0 Å². The molecule has 1 aliphatic rings. The maximum Gasteiger partial charge on any atom is 0.271 e. The molecule has 37 heavy (non-hydrogen) atoms. The Morgan fingerprint density at radius 3 is 2.51 bits per heavy atom. The number of para-hydroxylation sites is 1. The first-order valence-corrected chi connectivity index (χ1v) is 13.0. The Bertz CT molecular complexity index is 1510. The number of hydrogen-bond donors (Lipinski definition) is 0. The first-order chi connectivity index (χ1) is 17.9. The van der Waals surface area contributed by atoms with Crippen molar-refractivity contribution in [3.05, 3.63) is 103 Å². The molecular weight excluding hydrogens is 486 g/mol. The van der Waals surface area contributed by atoms with Crippen molar-refractivity contribution >= 4 is 23.3 Å². The number of aromatic nitrogens is 1. The number of carbonyl (C=O) groups excluding carboxylic acids is 1. The van der Waals surface area contributed by atoms with Gasteiger partial charge in [0, 0.05) is 18.7 Å². The van der Waals surface area contributed by atoms with Gasteiger partial charge in [0.15, 0.2) is 4.80 Å². The van der Waals surface area contributed by atoms with E-state index in [0.717, 1.165) is 16.9 Å². The van der Waals surface area contributed by atoms with E-state index < -0.39 is 6.04 Å². The van der Waals surface area contributed by atoms with E-state index in [0.29, 0.717) is 46.0 Å². The summed E-state index contributed by atoms with van der Waals surface area (Å²) in [5.41, 5.74) is 2.48. The Hall–Kier alpha value is -3.91. The van der Waals surface area contributed by atoms with Crippen LogP contribution in [0.5, 0.6) is 11.5 Å². The summed E-state index contributed by atoms with van der Waals surface area (Å²) in [6.07, 6.45) is 3.53. The Morgan fingerprint density at radius 1 is 1.16 bits per heavy atom. The first kappa shape index (κ1) is 26.2. The molecule has 0 saturated carbocycles. The zero-order valence-corrected chi connectivity index (χ0v) is 22.4. The lowest BCUT2D eigenvalue weighted by Gasteiger charge is -2.29. The smallest absolute Gasteiger partial charge is 0.271 e. The van der Waals surface area contributed by atoms with E-state index in [-0.39, 0.29) is 11.5 Å². The van der Waals surface area contributed by atoms with Crippen LogP contribution in [0.3, 0.4) is 0 Å². The molecule has 0 bridgehead atoms. The quantitative estimate of drug-likeness (QED) is 0.406. The summed E-state index contributed by atoms with van der Waals surface area (Å²) in [6.45, 7) is 10.9. The van der Waals surface area contributed by atoms with Crippen LogP contribution in [-0.4, -0.2) is 42.2 Å². The van der Waals surface area contributed by atoms with Crippen molar-refractivity contribution in [2.45, 2.75) is 26.8 Å². The second-order valence-corrected chi connectivity index (χ2v) is 9.48. The summed E-state index contributed by atoms with van der Waals surface area (Å²) in [7, 11) is 1.59. The number of amides is 1. The lowest BCUT2D eigenvalue weighted by molar-refractivity contribution is -0.127. The van der Waals surface area contributed by atoms with Crippen molar-refractivity contribution in [1.82, 2.24) is 9.47 Å². The molecule has 1 amide bonds. The summed E-state index contributed by atoms with van der Waals surface area (Å²) in [5.74, 6) is 1.20. The van der Waals surface area contributed by atoms with E-state index in [1.807, 2.05) is 75.4 Å². The largest absolute Gasteiger partial charge is 0.496 e. The van der Waals surface area contributed by atoms with Gasteiger partial charge in [-0.25, -0.2) is 4.99 Å². The van der Waals surface area contributed by atoms with E-state index in [2.05, 4.69) is 6.58 Å². The second kappa shape index (κ2) is 11.4. The Morgan fingerprint density at radius 2 is 1.86 bits per heavy atom. The fourth-order valence-electron chi connectivity index (χ4n) is 4.43. The number of nitrogens with zero attached hydrogens (tertiary/aromatic N) is 3. The molecule has 0 spiro atoms. The standard InChI is InChI=1S/C29H31N3O4S/c1-6-17-36-21-15-13-20(14-16-21)18-24-27(33)32-26(22-11-9-10-12-23(22)35-5)25(19(4)30-29(32)37-24)28(34)31(7-2)8-3/h6,9-16,18,26H,1,7-8,17H2,2-5H3/b24-18+/t26-/m1/s1. The van der Waals surface area contributed by atoms with Crippen LogP contribution in [0.4, 0.5) is 0 Å². The highest BCUT2D eigenvalue weighted by atomic mass is 32.1. The van der Waals surface area contributed by atoms with E-state index in [9.17, 15) is 9.59 Å². The zero-order chi connectivity index (χ0) is 26.5. The monoisotopic (exact) mass is 517 g/mol. The Kier molecular flexibility index (Phi) is 8.08. The SMILES string of the molecule is C=CCOc1ccc(/C=c2/sc3n(c2=O)[C@H](c2ccccc2OC)C(C(=O)N(CC)CC)=C(C)N=3)cc1. The van der Waals surface area contributed by atoms with E-state index in [4.69, 9.17) is 14.5 Å². The van der Waals surface area contributed by atoms with Gasteiger partial charge in [-0.3, -0.25) is 14.2 Å². The van der Waals surface area contributed by atoms with Crippen LogP contribution in [0.2, 0.25) is 0 Å². The van der Waals surface area contributed by atoms with Gasteiger partial charge in [0.25, 0.3) is 11.5 Å². The van der Waals surface area contributed by atoms with Crippen molar-refractivity contribution in [2.24, 2.45) is 4.99 Å². The number of ether oxygens (including phenoxy) is 2. The molecule has 0 N–H and O–H groups in total. The fourth-order valence-corrected chi connectivity index (χ4v) is 5.48. The summed E-state index contributed by atoms with van der Waals surface area (Å²) < 4.78 is 13.4. The first-order valence-electron chi connectivity index (χ1n) is 12.2. The van der Waals surface area contributed by atoms with Crippen LogP contribution in [0.15, 0.2) is 82.2 Å². The molecule has 4 rings (SSSR count). The normalized spacial score (nSPS) is 15.1. The molecule has 0 saturated heterocycles. The Labute approximate surface area is 220 Å². The third-order valence-electron chi connectivity index (χ3n) is 6.28. The Balaban J connectivity index is 1.90. The molecule has 3 aromatic rings. The molecule has 1 aromatic heterocycles. The predicted octanol–water partition coefficient (Wildman–Crippen LogP) is 3.68. The molecule has 192 valence electrons. The number of hydrogen-bond acceptors (Lipinski definition) is 6. The highest BCUT2D eigenvalue weighted by Crippen LogP contribution is 2.36. The van der Waals surface area contributed by atoms with Crippen LogP contribution in [0.1, 0.15) is 37.9 Å². The lowest BCUT2D eigenvalue weighted by Crippen LogP contribution is -2.43. The van der Waals surface area contributed by atoms with Crippen LogP contribution < -0.4 is 24.4 Å². The highest BCUT2D eigenvalue weighted by molar-refractivity contribution is 7.07. The summed E-state index contributed by atoms with van der Waals surface area (Å²) >= 11 is 1.31. The minimum absolute atomic E-state index is 0.133. The number of rotatable bonds is 9. The van der Waals surface area contributed by atoms with Crippen molar-refractivity contribution in [2.75, 3.05) is 26.8 Å². The zero-order valence-electron chi connectivity index (χ0n) is 21.6. The number of allylic oxidation sites excluding steroid dienone is 1. The van der Waals surface area contributed by atoms with Gasteiger partial charge in [0.1, 0.15) is 24.1 Å². The maximum atomic E-state index is 13.9. The van der Waals surface area contributed by atoms with E-state index in [1.165, 1.54) is 11.3 Å².